The molecule has 0 unspecified atom stereocenters. The van der Waals surface area contributed by atoms with E-state index in [1.807, 2.05) is 0 Å². The number of carbonyl (C=O) groups is 1. The van der Waals surface area contributed by atoms with Crippen molar-refractivity contribution in [3.8, 4) is 0 Å². The Labute approximate surface area is 123 Å². The maximum absolute atomic E-state index is 12.4. The zero-order valence-electron chi connectivity index (χ0n) is 11.4. The highest BCUT2D eigenvalue weighted by Gasteiger charge is 2.16. The van der Waals surface area contributed by atoms with E-state index in [9.17, 15) is 13.2 Å². The minimum Gasteiger partial charge on any atom is -0.478 e. The molecule has 0 atom stereocenters. The lowest BCUT2D eigenvalue weighted by atomic mass is 10.1. The van der Waals surface area contributed by atoms with E-state index >= 15 is 0 Å². The summed E-state index contributed by atoms with van der Waals surface area (Å²) < 4.78 is 24.7. The largest absolute Gasteiger partial charge is 0.478 e. The smallest absolute Gasteiger partial charge is 0.331 e. The molecule has 21 heavy (non-hydrogen) atoms. The lowest BCUT2D eigenvalue weighted by Crippen LogP contribution is -2.01. The van der Waals surface area contributed by atoms with Crippen LogP contribution in [0.4, 0.5) is 0 Å². The van der Waals surface area contributed by atoms with Crippen LogP contribution in [0.15, 0.2) is 70.0 Å². The summed E-state index contributed by atoms with van der Waals surface area (Å²) in [6, 6.07) is 14.3. The standard InChI is InChI=1S/C16H14O4S/c1-12(16(17)18)11-13-7-9-15(10-8-13)21(19,20)14-5-3-2-4-6-14/h2-11H,1H3,(H,17,18). The van der Waals surface area contributed by atoms with Crippen molar-refractivity contribution in [2.45, 2.75) is 16.7 Å². The Bertz CT molecular complexity index is 773. The zero-order valence-corrected chi connectivity index (χ0v) is 12.2. The first-order valence-corrected chi connectivity index (χ1v) is 7.71. The summed E-state index contributed by atoms with van der Waals surface area (Å²) in [6.45, 7) is 1.48. The van der Waals surface area contributed by atoms with Gasteiger partial charge in [-0.1, -0.05) is 30.3 Å². The molecule has 0 aliphatic carbocycles. The summed E-state index contributed by atoms with van der Waals surface area (Å²) >= 11 is 0. The molecule has 0 bridgehead atoms. The van der Waals surface area contributed by atoms with Crippen molar-refractivity contribution in [2.75, 3.05) is 0 Å². The van der Waals surface area contributed by atoms with Crippen LogP contribution in [0.3, 0.4) is 0 Å². The molecule has 0 heterocycles. The fraction of sp³-hybridized carbons (Fsp3) is 0.0625. The molecule has 5 heteroatoms. The second kappa shape index (κ2) is 5.93. The van der Waals surface area contributed by atoms with Gasteiger partial charge in [0.1, 0.15) is 0 Å². The Morgan fingerprint density at radius 1 is 0.952 bits per heavy atom. The van der Waals surface area contributed by atoms with E-state index < -0.39 is 15.8 Å². The van der Waals surface area contributed by atoms with E-state index in [4.69, 9.17) is 5.11 Å². The van der Waals surface area contributed by atoms with Crippen molar-refractivity contribution in [3.63, 3.8) is 0 Å². The molecular weight excluding hydrogens is 288 g/mol. The molecule has 0 saturated carbocycles. The zero-order chi connectivity index (χ0) is 15.5. The molecule has 0 fully saturated rings. The summed E-state index contributed by atoms with van der Waals surface area (Å²) in [5, 5.41) is 8.81. The lowest BCUT2D eigenvalue weighted by molar-refractivity contribution is -0.132. The van der Waals surface area contributed by atoms with Crippen molar-refractivity contribution in [1.82, 2.24) is 0 Å². The Morgan fingerprint density at radius 2 is 1.48 bits per heavy atom. The van der Waals surface area contributed by atoms with E-state index in [2.05, 4.69) is 0 Å². The highest BCUT2D eigenvalue weighted by molar-refractivity contribution is 7.91. The van der Waals surface area contributed by atoms with Gasteiger partial charge in [-0.25, -0.2) is 13.2 Å². The van der Waals surface area contributed by atoms with E-state index in [-0.39, 0.29) is 15.4 Å². The summed E-state index contributed by atoms with van der Waals surface area (Å²) in [6.07, 6.45) is 1.49. The van der Waals surface area contributed by atoms with Crippen LogP contribution in [0.1, 0.15) is 12.5 Å². The molecule has 2 aromatic carbocycles. The van der Waals surface area contributed by atoms with Gasteiger partial charge in [-0.2, -0.15) is 0 Å². The Morgan fingerprint density at radius 3 is 2.00 bits per heavy atom. The number of sulfone groups is 1. The molecule has 1 N–H and O–H groups in total. The molecule has 0 aromatic heterocycles. The summed E-state index contributed by atoms with van der Waals surface area (Å²) in [5.74, 6) is -1.00. The van der Waals surface area contributed by atoms with E-state index in [0.29, 0.717) is 5.56 Å². The lowest BCUT2D eigenvalue weighted by Gasteiger charge is -2.05. The molecule has 0 saturated heterocycles. The number of aliphatic carboxylic acids is 1. The molecule has 2 rings (SSSR count). The van der Waals surface area contributed by atoms with Gasteiger partial charge in [-0.15, -0.1) is 0 Å². The van der Waals surface area contributed by atoms with Crippen molar-refractivity contribution in [2.24, 2.45) is 0 Å². The molecule has 0 aliphatic rings. The van der Waals surface area contributed by atoms with E-state index in [1.165, 1.54) is 37.3 Å². The molecular formula is C16H14O4S. The average Bonchev–Trinajstić information content (AvgIpc) is 2.48. The number of rotatable bonds is 4. The Hall–Kier alpha value is -2.40. The second-order valence-electron chi connectivity index (χ2n) is 4.52. The molecule has 0 spiro atoms. The van der Waals surface area contributed by atoms with Gasteiger partial charge in [0.15, 0.2) is 0 Å². The van der Waals surface area contributed by atoms with Crippen molar-refractivity contribution >= 4 is 21.9 Å². The quantitative estimate of drug-likeness (QED) is 0.881. The van der Waals surface area contributed by atoms with Gasteiger partial charge in [-0.3, -0.25) is 0 Å². The topological polar surface area (TPSA) is 71.4 Å². The summed E-state index contributed by atoms with van der Waals surface area (Å²) in [5.41, 5.74) is 0.829. The van der Waals surface area contributed by atoms with Crippen LogP contribution >= 0.6 is 0 Å². The van der Waals surface area contributed by atoms with E-state index in [1.54, 1.807) is 30.3 Å². The van der Waals surface area contributed by atoms with Gasteiger partial charge < -0.3 is 5.11 Å². The minimum absolute atomic E-state index is 0.179. The van der Waals surface area contributed by atoms with Gasteiger partial charge in [0.25, 0.3) is 0 Å². The molecule has 0 radical (unpaired) electrons. The second-order valence-corrected chi connectivity index (χ2v) is 6.47. The maximum atomic E-state index is 12.4. The van der Waals surface area contributed by atoms with E-state index in [0.717, 1.165) is 0 Å². The van der Waals surface area contributed by atoms with Gasteiger partial charge in [0, 0.05) is 5.57 Å². The normalized spacial score (nSPS) is 12.1. The third-order valence-electron chi connectivity index (χ3n) is 2.96. The van der Waals surface area contributed by atoms with Crippen LogP contribution in [0.2, 0.25) is 0 Å². The van der Waals surface area contributed by atoms with Crippen LogP contribution in [-0.4, -0.2) is 19.5 Å². The first-order valence-electron chi connectivity index (χ1n) is 6.23. The highest BCUT2D eigenvalue weighted by Crippen LogP contribution is 2.21. The van der Waals surface area contributed by atoms with Crippen LogP contribution in [-0.2, 0) is 14.6 Å². The van der Waals surface area contributed by atoms with Gasteiger partial charge in [-0.05, 0) is 42.8 Å². The van der Waals surface area contributed by atoms with Gasteiger partial charge in [0.2, 0.25) is 9.84 Å². The first kappa shape index (κ1) is 15.0. The van der Waals surface area contributed by atoms with Crippen LogP contribution in [0, 0.1) is 0 Å². The van der Waals surface area contributed by atoms with Crippen LogP contribution in [0.25, 0.3) is 6.08 Å². The predicted octanol–water partition coefficient (Wildman–Crippen LogP) is 3.01. The molecule has 4 nitrogen and oxygen atoms in total. The molecule has 108 valence electrons. The Balaban J connectivity index is 2.36. The van der Waals surface area contributed by atoms with Crippen molar-refractivity contribution < 1.29 is 18.3 Å². The fourth-order valence-corrected chi connectivity index (χ4v) is 3.07. The SMILES string of the molecule is CC(=Cc1ccc(S(=O)(=O)c2ccccc2)cc1)C(=O)O. The first-order chi connectivity index (χ1) is 9.91. The fourth-order valence-electron chi connectivity index (χ4n) is 1.79. The predicted molar refractivity (Wildman–Crippen MR) is 79.6 cm³/mol. The average molecular weight is 302 g/mol. The molecule has 0 aliphatic heterocycles. The number of carboxylic acid groups (broad SMARTS) is 1. The Kier molecular flexibility index (Phi) is 4.23. The number of hydrogen-bond donors (Lipinski definition) is 1. The third-order valence-corrected chi connectivity index (χ3v) is 4.75. The van der Waals surface area contributed by atoms with Crippen LogP contribution < -0.4 is 0 Å². The molecule has 0 amide bonds. The van der Waals surface area contributed by atoms with Gasteiger partial charge in [0.05, 0.1) is 9.79 Å². The number of hydrogen-bond acceptors (Lipinski definition) is 3. The van der Waals surface area contributed by atoms with Crippen LogP contribution in [0.5, 0.6) is 0 Å². The minimum atomic E-state index is -3.54. The maximum Gasteiger partial charge on any atom is 0.331 e. The number of carboxylic acids is 1. The third kappa shape index (κ3) is 3.38. The highest BCUT2D eigenvalue weighted by atomic mass is 32.2. The van der Waals surface area contributed by atoms with Gasteiger partial charge >= 0.3 is 5.97 Å². The summed E-state index contributed by atoms with van der Waals surface area (Å²) in [7, 11) is -3.54. The monoisotopic (exact) mass is 302 g/mol. The van der Waals surface area contributed by atoms with Crippen molar-refractivity contribution in [1.29, 1.82) is 0 Å². The molecule has 2 aromatic rings. The summed E-state index contributed by atoms with van der Waals surface area (Å²) in [4.78, 5) is 11.2. The number of benzene rings is 2. The van der Waals surface area contributed by atoms with Crippen molar-refractivity contribution in [3.05, 3.63) is 65.7 Å².